The SMILES string of the molecule is O=C(O[C@@H]1CCN(CC#CCN2CCCC2)C1=O)c1ccccc1[N+](=O)[O-]. The van der Waals surface area contributed by atoms with Gasteiger partial charge in [0.05, 0.1) is 18.0 Å². The first-order chi connectivity index (χ1) is 13.1. The molecule has 2 fully saturated rings. The van der Waals surface area contributed by atoms with Crippen molar-refractivity contribution in [2.45, 2.75) is 25.4 Å². The predicted octanol–water partition coefficient (Wildman–Crippen LogP) is 1.45. The molecule has 2 saturated heterocycles. The fraction of sp³-hybridized carbons (Fsp3) is 0.474. The summed E-state index contributed by atoms with van der Waals surface area (Å²) in [6, 6.07) is 5.54. The summed E-state index contributed by atoms with van der Waals surface area (Å²) in [6.45, 7) is 3.60. The lowest BCUT2D eigenvalue weighted by Gasteiger charge is -2.14. The molecule has 2 heterocycles. The van der Waals surface area contributed by atoms with Gasteiger partial charge in [-0.3, -0.25) is 19.8 Å². The van der Waals surface area contributed by atoms with Gasteiger partial charge in [-0.1, -0.05) is 24.0 Å². The molecule has 0 saturated carbocycles. The van der Waals surface area contributed by atoms with Gasteiger partial charge in [-0.25, -0.2) is 4.79 Å². The van der Waals surface area contributed by atoms with E-state index >= 15 is 0 Å². The summed E-state index contributed by atoms with van der Waals surface area (Å²) in [4.78, 5) is 38.8. The molecule has 27 heavy (non-hydrogen) atoms. The molecule has 8 nitrogen and oxygen atoms in total. The van der Waals surface area contributed by atoms with Crippen LogP contribution in [-0.2, 0) is 9.53 Å². The van der Waals surface area contributed by atoms with Gasteiger partial charge in [-0.05, 0) is 32.0 Å². The fourth-order valence-electron chi connectivity index (χ4n) is 3.23. The van der Waals surface area contributed by atoms with Crippen molar-refractivity contribution in [1.82, 2.24) is 9.80 Å². The fourth-order valence-corrected chi connectivity index (χ4v) is 3.23. The molecular formula is C19H21N3O5. The van der Waals surface area contributed by atoms with Crippen molar-refractivity contribution in [2.24, 2.45) is 0 Å². The largest absolute Gasteiger partial charge is 0.448 e. The number of hydrogen-bond donors (Lipinski definition) is 0. The van der Waals surface area contributed by atoms with Crippen molar-refractivity contribution < 1.29 is 19.2 Å². The Bertz CT molecular complexity index is 792. The minimum atomic E-state index is -0.919. The van der Waals surface area contributed by atoms with E-state index in [0.29, 0.717) is 26.1 Å². The summed E-state index contributed by atoms with van der Waals surface area (Å²) in [5.41, 5.74) is -0.489. The number of hydrogen-bond acceptors (Lipinski definition) is 6. The summed E-state index contributed by atoms with van der Waals surface area (Å²) in [6.07, 6.45) is 1.86. The maximum atomic E-state index is 12.4. The lowest BCUT2D eigenvalue weighted by molar-refractivity contribution is -0.385. The minimum Gasteiger partial charge on any atom is -0.448 e. The molecule has 1 amide bonds. The highest BCUT2D eigenvalue weighted by molar-refractivity contribution is 5.96. The van der Waals surface area contributed by atoms with Crippen molar-refractivity contribution in [1.29, 1.82) is 0 Å². The molecule has 2 aliphatic heterocycles. The van der Waals surface area contributed by atoms with Gasteiger partial charge in [-0.15, -0.1) is 0 Å². The first-order valence-corrected chi connectivity index (χ1v) is 8.97. The first kappa shape index (κ1) is 18.9. The van der Waals surface area contributed by atoms with Gasteiger partial charge in [0.1, 0.15) is 5.56 Å². The molecule has 0 aliphatic carbocycles. The highest BCUT2D eigenvalue weighted by Gasteiger charge is 2.35. The van der Waals surface area contributed by atoms with Gasteiger partial charge < -0.3 is 9.64 Å². The summed E-state index contributed by atoms with van der Waals surface area (Å²) in [7, 11) is 0. The molecule has 0 radical (unpaired) electrons. The third-order valence-corrected chi connectivity index (χ3v) is 4.71. The van der Waals surface area contributed by atoms with Gasteiger partial charge in [0.25, 0.3) is 11.6 Å². The zero-order valence-corrected chi connectivity index (χ0v) is 14.9. The Balaban J connectivity index is 1.53. The molecule has 1 atom stereocenters. The molecule has 2 aliphatic rings. The monoisotopic (exact) mass is 371 g/mol. The molecule has 0 bridgehead atoms. The molecular weight excluding hydrogens is 350 g/mol. The van der Waals surface area contributed by atoms with Crippen LogP contribution >= 0.6 is 0 Å². The summed E-state index contributed by atoms with van der Waals surface area (Å²) in [5.74, 6) is 4.91. The van der Waals surface area contributed by atoms with Gasteiger partial charge in [0.15, 0.2) is 6.10 Å². The number of nitro benzene ring substituents is 1. The van der Waals surface area contributed by atoms with E-state index in [1.165, 1.54) is 37.1 Å². The van der Waals surface area contributed by atoms with Gasteiger partial charge >= 0.3 is 5.97 Å². The summed E-state index contributed by atoms with van der Waals surface area (Å²) in [5, 5.41) is 11.0. The number of nitro groups is 1. The van der Waals surface area contributed by atoms with Crippen molar-refractivity contribution in [3.05, 3.63) is 39.9 Å². The van der Waals surface area contributed by atoms with Crippen LogP contribution in [0.2, 0.25) is 0 Å². The average Bonchev–Trinajstić information content (AvgIpc) is 3.30. The van der Waals surface area contributed by atoms with Crippen molar-refractivity contribution in [3.63, 3.8) is 0 Å². The van der Waals surface area contributed by atoms with Crippen LogP contribution in [0.25, 0.3) is 0 Å². The molecule has 3 rings (SSSR count). The van der Waals surface area contributed by atoms with Gasteiger partial charge in [0.2, 0.25) is 0 Å². The number of ether oxygens (including phenoxy) is 1. The van der Waals surface area contributed by atoms with Crippen LogP contribution < -0.4 is 0 Å². The van der Waals surface area contributed by atoms with Crippen LogP contribution in [0.5, 0.6) is 0 Å². The molecule has 0 aromatic heterocycles. The summed E-state index contributed by atoms with van der Waals surface area (Å²) >= 11 is 0. The van der Waals surface area contributed by atoms with Crippen LogP contribution in [0.15, 0.2) is 24.3 Å². The van der Waals surface area contributed by atoms with E-state index in [4.69, 9.17) is 4.74 Å². The Morgan fingerprint density at radius 3 is 2.63 bits per heavy atom. The van der Waals surface area contributed by atoms with E-state index in [2.05, 4.69) is 16.7 Å². The highest BCUT2D eigenvalue weighted by Crippen LogP contribution is 2.21. The molecule has 8 heteroatoms. The number of carbonyl (C=O) groups excluding carboxylic acids is 2. The Labute approximate surface area is 157 Å². The third-order valence-electron chi connectivity index (χ3n) is 4.71. The second kappa shape index (κ2) is 8.64. The third kappa shape index (κ3) is 4.63. The van der Waals surface area contributed by atoms with E-state index in [9.17, 15) is 19.7 Å². The van der Waals surface area contributed by atoms with E-state index < -0.39 is 17.0 Å². The van der Waals surface area contributed by atoms with E-state index in [0.717, 1.165) is 13.1 Å². The van der Waals surface area contributed by atoms with E-state index in [1.807, 2.05) is 0 Å². The molecule has 1 aromatic carbocycles. The lowest BCUT2D eigenvalue weighted by atomic mass is 10.2. The van der Waals surface area contributed by atoms with Crippen LogP contribution in [0, 0.1) is 22.0 Å². The van der Waals surface area contributed by atoms with Crippen LogP contribution in [0.4, 0.5) is 5.69 Å². The van der Waals surface area contributed by atoms with Gasteiger partial charge in [-0.2, -0.15) is 0 Å². The van der Waals surface area contributed by atoms with Crippen molar-refractivity contribution in [2.75, 3.05) is 32.7 Å². The quantitative estimate of drug-likeness (QED) is 0.337. The first-order valence-electron chi connectivity index (χ1n) is 8.97. The number of esters is 1. The van der Waals surface area contributed by atoms with E-state index in [1.54, 1.807) is 4.90 Å². The number of nitrogens with zero attached hydrogens (tertiary/aromatic N) is 3. The number of rotatable bonds is 5. The van der Waals surface area contributed by atoms with E-state index in [-0.39, 0.29) is 17.2 Å². The minimum absolute atomic E-state index is 0.154. The summed E-state index contributed by atoms with van der Waals surface area (Å²) < 4.78 is 5.23. The number of amides is 1. The molecule has 142 valence electrons. The maximum Gasteiger partial charge on any atom is 0.345 e. The molecule has 1 aromatic rings. The Morgan fingerprint density at radius 1 is 1.19 bits per heavy atom. The predicted molar refractivity (Wildman–Crippen MR) is 96.9 cm³/mol. The molecule has 0 N–H and O–H groups in total. The van der Waals surface area contributed by atoms with Crippen molar-refractivity contribution >= 4 is 17.6 Å². The smallest absolute Gasteiger partial charge is 0.345 e. The average molecular weight is 371 g/mol. The van der Waals surface area contributed by atoms with Crippen LogP contribution in [0.3, 0.4) is 0 Å². The normalized spacial score (nSPS) is 19.6. The number of benzene rings is 1. The number of para-hydroxylation sites is 1. The van der Waals surface area contributed by atoms with Crippen molar-refractivity contribution in [3.8, 4) is 11.8 Å². The second-order valence-electron chi connectivity index (χ2n) is 6.55. The van der Waals surface area contributed by atoms with Crippen LogP contribution in [-0.4, -0.2) is 65.4 Å². The topological polar surface area (TPSA) is 93.0 Å². The zero-order valence-electron chi connectivity index (χ0n) is 14.9. The number of likely N-dealkylation sites (tertiary alicyclic amines) is 2. The zero-order chi connectivity index (χ0) is 19.2. The maximum absolute atomic E-state index is 12.4. The Kier molecular flexibility index (Phi) is 6.04. The molecule has 0 spiro atoms. The highest BCUT2D eigenvalue weighted by atomic mass is 16.6. The Morgan fingerprint density at radius 2 is 1.89 bits per heavy atom. The molecule has 0 unspecified atom stereocenters. The number of carbonyl (C=O) groups is 2. The standard InChI is InChI=1S/C19H21N3O5/c23-18-17(27-19(24)15-7-1-2-8-16(15)22(25)26)9-14-21(18)13-6-5-12-20-10-3-4-11-20/h1-2,7-8,17H,3-4,9-14H2/t17-/m1/s1. The Hall–Kier alpha value is -2.92. The lowest BCUT2D eigenvalue weighted by Crippen LogP contribution is -2.32. The second-order valence-corrected chi connectivity index (χ2v) is 6.55. The van der Waals surface area contributed by atoms with Crippen LogP contribution in [0.1, 0.15) is 29.6 Å². The van der Waals surface area contributed by atoms with Gasteiger partial charge in [0, 0.05) is 19.0 Å².